The van der Waals surface area contributed by atoms with Crippen LogP contribution in [0.15, 0.2) is 41.3 Å². The van der Waals surface area contributed by atoms with E-state index in [4.69, 9.17) is 16.3 Å². The molecular formula is C22H22ClN3O4. The minimum Gasteiger partial charge on any atom is -0.441 e. The van der Waals surface area contributed by atoms with E-state index >= 15 is 0 Å². The third-order valence-electron chi connectivity index (χ3n) is 6.54. The van der Waals surface area contributed by atoms with Crippen molar-refractivity contribution in [2.45, 2.75) is 30.9 Å². The van der Waals surface area contributed by atoms with Gasteiger partial charge < -0.3 is 19.5 Å². The lowest BCUT2D eigenvalue weighted by Crippen LogP contribution is -2.51. The van der Waals surface area contributed by atoms with E-state index in [2.05, 4.69) is 5.32 Å². The van der Waals surface area contributed by atoms with E-state index in [0.717, 1.165) is 18.4 Å². The Morgan fingerprint density at radius 2 is 1.97 bits per heavy atom. The van der Waals surface area contributed by atoms with Gasteiger partial charge in [-0.1, -0.05) is 29.8 Å². The SMILES string of the molecule is Cn1ccc(Cl)c(CC2c3ccccc3C(=O)N2CC2CC3(CNC(=O)O3)C2)c1=O. The molecule has 3 heterocycles. The maximum absolute atomic E-state index is 13.2. The molecule has 2 amide bonds. The minimum absolute atomic E-state index is 0.0260. The number of nitrogens with zero attached hydrogens (tertiary/aromatic N) is 2. The van der Waals surface area contributed by atoms with Gasteiger partial charge in [-0.2, -0.15) is 0 Å². The Kier molecular flexibility index (Phi) is 4.39. The van der Waals surface area contributed by atoms with Crippen molar-refractivity contribution < 1.29 is 14.3 Å². The molecule has 1 saturated carbocycles. The Morgan fingerprint density at radius 3 is 2.70 bits per heavy atom. The zero-order valence-electron chi connectivity index (χ0n) is 16.6. The number of nitrogens with one attached hydrogen (secondary N) is 1. The lowest BCUT2D eigenvalue weighted by atomic mass is 9.70. The highest BCUT2D eigenvalue weighted by Crippen LogP contribution is 2.45. The Hall–Kier alpha value is -2.80. The summed E-state index contributed by atoms with van der Waals surface area (Å²) in [6, 6.07) is 9.01. The summed E-state index contributed by atoms with van der Waals surface area (Å²) in [5.74, 6) is 0.217. The highest BCUT2D eigenvalue weighted by Gasteiger charge is 2.52. The van der Waals surface area contributed by atoms with Gasteiger partial charge in [-0.05, 0) is 36.5 Å². The molecule has 8 heteroatoms. The zero-order chi connectivity index (χ0) is 21.0. The third-order valence-corrected chi connectivity index (χ3v) is 6.89. The molecule has 1 unspecified atom stereocenters. The summed E-state index contributed by atoms with van der Waals surface area (Å²) < 4.78 is 6.93. The Labute approximate surface area is 178 Å². The first-order chi connectivity index (χ1) is 14.4. The van der Waals surface area contributed by atoms with E-state index in [1.807, 2.05) is 29.2 Å². The fourth-order valence-electron chi connectivity index (χ4n) is 5.04. The van der Waals surface area contributed by atoms with Gasteiger partial charge in [0.1, 0.15) is 5.60 Å². The number of aryl methyl sites for hydroxylation is 1. The normalized spacial score (nSPS) is 27.1. The molecule has 1 aromatic heterocycles. The first-order valence-electron chi connectivity index (χ1n) is 10.1. The molecule has 0 radical (unpaired) electrons. The van der Waals surface area contributed by atoms with Gasteiger partial charge in [0.2, 0.25) is 0 Å². The van der Waals surface area contributed by atoms with Crippen LogP contribution in [0.1, 0.15) is 40.4 Å². The number of alkyl carbamates (subject to hydrolysis) is 1. The molecule has 0 bridgehead atoms. The molecule has 1 aromatic carbocycles. The Balaban J connectivity index is 1.42. The number of amides is 2. The average molecular weight is 428 g/mol. The standard InChI is InChI=1S/C22H22ClN3O4/c1-25-7-6-17(23)16(19(25)27)8-18-14-4-2-3-5-15(14)20(28)26(18)11-13-9-22(10-13)12-24-21(29)30-22/h2-7,13,18H,8-12H2,1H3,(H,24,29). The number of ether oxygens (including phenoxy) is 1. The molecule has 3 aliphatic rings. The smallest absolute Gasteiger partial charge is 0.407 e. The van der Waals surface area contributed by atoms with Crippen LogP contribution in [-0.4, -0.2) is 40.2 Å². The number of rotatable bonds is 4. The molecule has 30 heavy (non-hydrogen) atoms. The van der Waals surface area contributed by atoms with Gasteiger partial charge in [0.05, 0.1) is 17.6 Å². The highest BCUT2D eigenvalue weighted by atomic mass is 35.5. The van der Waals surface area contributed by atoms with Crippen LogP contribution in [0.2, 0.25) is 5.02 Å². The van der Waals surface area contributed by atoms with Crippen molar-refractivity contribution in [3.8, 4) is 0 Å². The number of fused-ring (bicyclic) bond motifs is 1. The van der Waals surface area contributed by atoms with Crippen LogP contribution in [0.3, 0.4) is 0 Å². The van der Waals surface area contributed by atoms with Crippen LogP contribution in [0.5, 0.6) is 0 Å². The predicted octanol–water partition coefficient (Wildman–Crippen LogP) is 2.67. The average Bonchev–Trinajstić information content (AvgIpc) is 3.21. The molecule has 1 N–H and O–H groups in total. The number of halogens is 1. The molecule has 5 rings (SSSR count). The largest absolute Gasteiger partial charge is 0.441 e. The van der Waals surface area contributed by atoms with Crippen molar-refractivity contribution in [3.05, 3.63) is 68.6 Å². The number of benzene rings is 1. The summed E-state index contributed by atoms with van der Waals surface area (Å²) in [7, 11) is 1.69. The van der Waals surface area contributed by atoms with Crippen molar-refractivity contribution in [1.82, 2.24) is 14.8 Å². The van der Waals surface area contributed by atoms with Gasteiger partial charge in [0, 0.05) is 37.3 Å². The minimum atomic E-state index is -0.425. The lowest BCUT2D eigenvalue weighted by Gasteiger charge is -2.44. The molecule has 1 saturated heterocycles. The van der Waals surface area contributed by atoms with Gasteiger partial charge in [0.25, 0.3) is 11.5 Å². The highest BCUT2D eigenvalue weighted by molar-refractivity contribution is 6.31. The van der Waals surface area contributed by atoms with E-state index in [9.17, 15) is 14.4 Å². The summed E-state index contributed by atoms with van der Waals surface area (Å²) in [6.07, 6.45) is 3.10. The second kappa shape index (κ2) is 6.87. The van der Waals surface area contributed by atoms with Crippen LogP contribution in [0.25, 0.3) is 0 Å². The Morgan fingerprint density at radius 1 is 1.20 bits per heavy atom. The topological polar surface area (TPSA) is 80.6 Å². The first kappa shape index (κ1) is 19.2. The third kappa shape index (κ3) is 2.99. The molecule has 7 nitrogen and oxygen atoms in total. The number of hydrogen-bond donors (Lipinski definition) is 1. The summed E-state index contributed by atoms with van der Waals surface area (Å²) in [5.41, 5.74) is 1.54. The second-order valence-electron chi connectivity index (χ2n) is 8.52. The van der Waals surface area contributed by atoms with Crippen molar-refractivity contribution in [2.75, 3.05) is 13.1 Å². The molecule has 2 fully saturated rings. The van der Waals surface area contributed by atoms with Gasteiger partial charge >= 0.3 is 6.09 Å². The fourth-order valence-corrected chi connectivity index (χ4v) is 5.26. The Bertz CT molecular complexity index is 1110. The lowest BCUT2D eigenvalue weighted by molar-refractivity contribution is -0.0554. The van der Waals surface area contributed by atoms with E-state index in [0.29, 0.717) is 35.7 Å². The maximum atomic E-state index is 13.2. The van der Waals surface area contributed by atoms with Crippen LogP contribution in [-0.2, 0) is 18.2 Å². The van der Waals surface area contributed by atoms with Crippen molar-refractivity contribution in [3.63, 3.8) is 0 Å². The molecule has 1 atom stereocenters. The number of aromatic nitrogens is 1. The molecule has 1 aliphatic carbocycles. The monoisotopic (exact) mass is 427 g/mol. The van der Waals surface area contributed by atoms with E-state index in [1.54, 1.807) is 19.3 Å². The van der Waals surface area contributed by atoms with E-state index in [-0.39, 0.29) is 29.5 Å². The second-order valence-corrected chi connectivity index (χ2v) is 8.93. The summed E-state index contributed by atoms with van der Waals surface area (Å²) >= 11 is 6.36. The summed E-state index contributed by atoms with van der Waals surface area (Å²) in [5, 5.41) is 3.13. The number of carbonyl (C=O) groups is 2. The van der Waals surface area contributed by atoms with E-state index in [1.165, 1.54) is 4.57 Å². The van der Waals surface area contributed by atoms with Crippen LogP contribution < -0.4 is 10.9 Å². The van der Waals surface area contributed by atoms with Crippen molar-refractivity contribution >= 4 is 23.6 Å². The van der Waals surface area contributed by atoms with Gasteiger partial charge in [-0.25, -0.2) is 4.79 Å². The number of hydrogen-bond acceptors (Lipinski definition) is 4. The molecule has 2 aromatic rings. The van der Waals surface area contributed by atoms with Gasteiger partial charge in [-0.3, -0.25) is 9.59 Å². The molecule has 2 aliphatic heterocycles. The molecule has 1 spiro atoms. The van der Waals surface area contributed by atoms with Crippen molar-refractivity contribution in [2.24, 2.45) is 13.0 Å². The number of carbonyl (C=O) groups excluding carboxylic acids is 2. The molecular weight excluding hydrogens is 406 g/mol. The predicted molar refractivity (Wildman–Crippen MR) is 111 cm³/mol. The summed E-state index contributed by atoms with van der Waals surface area (Å²) in [4.78, 5) is 39.1. The molecule has 156 valence electrons. The fraction of sp³-hybridized carbons (Fsp3) is 0.409. The van der Waals surface area contributed by atoms with Crippen LogP contribution in [0, 0.1) is 5.92 Å². The van der Waals surface area contributed by atoms with Gasteiger partial charge in [0.15, 0.2) is 0 Å². The van der Waals surface area contributed by atoms with Gasteiger partial charge in [-0.15, -0.1) is 0 Å². The summed E-state index contributed by atoms with van der Waals surface area (Å²) in [6.45, 7) is 1.08. The quantitative estimate of drug-likeness (QED) is 0.813. The first-order valence-corrected chi connectivity index (χ1v) is 10.5. The van der Waals surface area contributed by atoms with Crippen LogP contribution >= 0.6 is 11.6 Å². The van der Waals surface area contributed by atoms with E-state index < -0.39 is 5.60 Å². The number of pyridine rings is 1. The zero-order valence-corrected chi connectivity index (χ0v) is 17.3. The van der Waals surface area contributed by atoms with Crippen LogP contribution in [0.4, 0.5) is 4.79 Å². The maximum Gasteiger partial charge on any atom is 0.407 e. The van der Waals surface area contributed by atoms with Crippen molar-refractivity contribution in [1.29, 1.82) is 0 Å².